The number of methoxy groups -OCH3 is 1. The van der Waals surface area contributed by atoms with Crippen LogP contribution in [0.4, 0.5) is 0 Å². The van der Waals surface area contributed by atoms with Crippen molar-refractivity contribution < 1.29 is 13.2 Å². The van der Waals surface area contributed by atoms with E-state index in [1.807, 2.05) is 25.3 Å². The Bertz CT molecular complexity index is 677. The Hall–Kier alpha value is -0.920. The third-order valence-corrected chi connectivity index (χ3v) is 7.04. The molecule has 1 aliphatic heterocycles. The number of sulfone groups is 1. The molecule has 150 valence electrons. The summed E-state index contributed by atoms with van der Waals surface area (Å²) >= 11 is 0. The van der Waals surface area contributed by atoms with Gasteiger partial charge in [-0.2, -0.15) is 0 Å². The lowest BCUT2D eigenvalue weighted by Crippen LogP contribution is -2.39. The number of hydrogen-bond acceptors (Lipinski definition) is 5. The summed E-state index contributed by atoms with van der Waals surface area (Å²) in [5.74, 6) is 0.0880. The van der Waals surface area contributed by atoms with Crippen molar-refractivity contribution in [2.24, 2.45) is 5.41 Å². The van der Waals surface area contributed by atoms with Gasteiger partial charge in [0.25, 0.3) is 0 Å². The van der Waals surface area contributed by atoms with E-state index in [9.17, 15) is 8.42 Å². The zero-order valence-electron chi connectivity index (χ0n) is 17.0. The Labute approximate surface area is 158 Å². The first-order chi connectivity index (χ1) is 12.2. The van der Waals surface area contributed by atoms with Gasteiger partial charge in [0.15, 0.2) is 0 Å². The summed E-state index contributed by atoms with van der Waals surface area (Å²) in [6.07, 6.45) is 6.58. The molecule has 2 rings (SSSR count). The van der Waals surface area contributed by atoms with Crippen LogP contribution in [-0.2, 0) is 27.7 Å². The molecule has 0 radical (unpaired) electrons. The van der Waals surface area contributed by atoms with Gasteiger partial charge in [0, 0.05) is 26.2 Å². The minimum atomic E-state index is -3.44. The second-order valence-corrected chi connectivity index (χ2v) is 10.4. The average molecular weight is 386 g/mol. The molecule has 0 aromatic carbocycles. The molecule has 7 heteroatoms. The van der Waals surface area contributed by atoms with Crippen molar-refractivity contribution in [1.29, 1.82) is 0 Å². The lowest BCUT2D eigenvalue weighted by Gasteiger charge is -2.35. The van der Waals surface area contributed by atoms with E-state index in [1.54, 1.807) is 13.3 Å². The van der Waals surface area contributed by atoms with Crippen LogP contribution >= 0.6 is 0 Å². The fraction of sp³-hybridized carbons (Fsp3) is 0.842. The van der Waals surface area contributed by atoms with Gasteiger partial charge in [-0.05, 0) is 31.2 Å². The lowest BCUT2D eigenvalue weighted by molar-refractivity contribution is 0.130. The molecule has 0 saturated carbocycles. The summed E-state index contributed by atoms with van der Waals surface area (Å²) in [6, 6.07) is 0.573. The lowest BCUT2D eigenvalue weighted by atomic mass is 10.00. The first-order valence-corrected chi connectivity index (χ1v) is 11.3. The van der Waals surface area contributed by atoms with Gasteiger partial charge in [-0.3, -0.25) is 4.90 Å². The van der Waals surface area contributed by atoms with E-state index in [0.717, 1.165) is 25.2 Å². The van der Waals surface area contributed by atoms with E-state index < -0.39 is 9.84 Å². The van der Waals surface area contributed by atoms with Gasteiger partial charge >= 0.3 is 0 Å². The first kappa shape index (κ1) is 21.4. The summed E-state index contributed by atoms with van der Waals surface area (Å²) in [6.45, 7) is 10.8. The molecule has 0 bridgehead atoms. The van der Waals surface area contributed by atoms with Crippen molar-refractivity contribution in [1.82, 2.24) is 14.5 Å². The molecule has 0 spiro atoms. The van der Waals surface area contributed by atoms with Gasteiger partial charge in [0.05, 0.1) is 24.3 Å². The molecule has 26 heavy (non-hydrogen) atoms. The molecule has 1 atom stereocenters. The topological polar surface area (TPSA) is 64.4 Å². The number of nitrogens with zero attached hydrogens (tertiary/aromatic N) is 3. The van der Waals surface area contributed by atoms with Crippen LogP contribution < -0.4 is 0 Å². The largest absolute Gasteiger partial charge is 0.383 e. The van der Waals surface area contributed by atoms with E-state index in [1.165, 1.54) is 19.3 Å². The molecule has 6 nitrogen and oxygen atoms in total. The summed E-state index contributed by atoms with van der Waals surface area (Å²) in [7, 11) is -1.80. The Balaban J connectivity index is 2.31. The smallest absolute Gasteiger partial charge is 0.227 e. The van der Waals surface area contributed by atoms with Crippen LogP contribution in [0.1, 0.15) is 59.1 Å². The van der Waals surface area contributed by atoms with E-state index in [4.69, 9.17) is 4.74 Å². The quantitative estimate of drug-likeness (QED) is 0.688. The second kappa shape index (κ2) is 8.85. The van der Waals surface area contributed by atoms with Crippen molar-refractivity contribution in [3.8, 4) is 0 Å². The fourth-order valence-corrected chi connectivity index (χ4v) is 5.79. The normalized spacial score (nSPS) is 19.8. The van der Waals surface area contributed by atoms with Crippen LogP contribution in [0.3, 0.4) is 0 Å². The third-order valence-electron chi connectivity index (χ3n) is 4.91. The Morgan fingerprint density at radius 1 is 1.31 bits per heavy atom. The van der Waals surface area contributed by atoms with E-state index in [-0.39, 0.29) is 16.3 Å². The maximum atomic E-state index is 12.9. The van der Waals surface area contributed by atoms with Crippen molar-refractivity contribution in [3.63, 3.8) is 0 Å². The molecule has 1 aromatic heterocycles. The Morgan fingerprint density at radius 2 is 2.04 bits per heavy atom. The highest BCUT2D eigenvalue weighted by Gasteiger charge is 2.30. The maximum Gasteiger partial charge on any atom is 0.227 e. The van der Waals surface area contributed by atoms with Gasteiger partial charge in [0.2, 0.25) is 15.0 Å². The van der Waals surface area contributed by atoms with Gasteiger partial charge in [-0.25, -0.2) is 13.4 Å². The summed E-state index contributed by atoms with van der Waals surface area (Å²) in [5.41, 5.74) is 0.659. The highest BCUT2D eigenvalue weighted by atomic mass is 32.2. The minimum absolute atomic E-state index is 0.0880. The van der Waals surface area contributed by atoms with Gasteiger partial charge in [-0.1, -0.05) is 34.1 Å². The highest BCUT2D eigenvalue weighted by molar-refractivity contribution is 7.91. The van der Waals surface area contributed by atoms with Gasteiger partial charge < -0.3 is 9.30 Å². The number of hydrogen-bond donors (Lipinski definition) is 0. The summed E-state index contributed by atoms with van der Waals surface area (Å²) in [4.78, 5) is 6.81. The van der Waals surface area contributed by atoms with Gasteiger partial charge in [-0.15, -0.1) is 0 Å². The predicted molar refractivity (Wildman–Crippen MR) is 104 cm³/mol. The highest BCUT2D eigenvalue weighted by Crippen LogP contribution is 2.25. The maximum absolute atomic E-state index is 12.9. The van der Waals surface area contributed by atoms with Crippen LogP contribution in [0.5, 0.6) is 0 Å². The number of piperidine rings is 1. The molecule has 2 heterocycles. The SMILES string of the molecule is CCC1CCCCN1Cc1cnc(S(=O)(=O)CC(C)(C)C)n1CCOC. The molecule has 1 aliphatic rings. The second-order valence-electron chi connectivity index (χ2n) is 8.52. The zero-order chi connectivity index (χ0) is 19.4. The van der Waals surface area contributed by atoms with Crippen LogP contribution in [-0.4, -0.2) is 54.9 Å². The molecule has 1 unspecified atom stereocenters. The van der Waals surface area contributed by atoms with Crippen molar-refractivity contribution >= 4 is 9.84 Å². The van der Waals surface area contributed by atoms with E-state index >= 15 is 0 Å². The third kappa shape index (κ3) is 5.54. The molecule has 0 N–H and O–H groups in total. The predicted octanol–water partition coefficient (Wildman–Crippen LogP) is 3.11. The monoisotopic (exact) mass is 385 g/mol. The average Bonchev–Trinajstić information content (AvgIpc) is 2.95. The van der Waals surface area contributed by atoms with Crippen LogP contribution in [0, 0.1) is 5.41 Å². The number of imidazole rings is 1. The minimum Gasteiger partial charge on any atom is -0.383 e. The molecule has 1 saturated heterocycles. The van der Waals surface area contributed by atoms with Crippen molar-refractivity contribution in [3.05, 3.63) is 11.9 Å². The van der Waals surface area contributed by atoms with Crippen LogP contribution in [0.15, 0.2) is 11.4 Å². The number of aromatic nitrogens is 2. The Kier molecular flexibility index (Phi) is 7.27. The molecule has 1 fully saturated rings. The molecular weight excluding hydrogens is 350 g/mol. The molecule has 0 aliphatic carbocycles. The van der Waals surface area contributed by atoms with Crippen LogP contribution in [0.2, 0.25) is 0 Å². The number of ether oxygens (including phenoxy) is 1. The van der Waals surface area contributed by atoms with Gasteiger partial charge in [0.1, 0.15) is 0 Å². The number of likely N-dealkylation sites (tertiary alicyclic amines) is 1. The van der Waals surface area contributed by atoms with Crippen molar-refractivity contribution in [2.75, 3.05) is 26.0 Å². The summed E-state index contributed by atoms with van der Waals surface area (Å²) in [5, 5.41) is 0.185. The molecule has 1 aromatic rings. The zero-order valence-corrected chi connectivity index (χ0v) is 17.8. The van der Waals surface area contributed by atoms with E-state index in [2.05, 4.69) is 16.8 Å². The number of rotatable bonds is 8. The Morgan fingerprint density at radius 3 is 2.65 bits per heavy atom. The first-order valence-electron chi connectivity index (χ1n) is 9.68. The fourth-order valence-electron chi connectivity index (χ4n) is 3.76. The van der Waals surface area contributed by atoms with E-state index in [0.29, 0.717) is 19.2 Å². The molecular formula is C19H35N3O3S. The van der Waals surface area contributed by atoms with Crippen LogP contribution in [0.25, 0.3) is 0 Å². The summed E-state index contributed by atoms with van der Waals surface area (Å²) < 4.78 is 32.9. The molecule has 0 amide bonds. The standard InChI is InChI=1S/C19H35N3O3S/c1-6-16-9-7-8-10-21(16)14-17-13-20-18(22(17)11-12-25-5)26(23,24)15-19(2,3)4/h13,16H,6-12,14-15H2,1-5H3. The van der Waals surface area contributed by atoms with Crippen molar-refractivity contribution in [2.45, 2.75) is 77.7 Å².